The monoisotopic (exact) mass is 306 g/mol. The Kier molecular flexibility index (Phi) is 3.53. The summed E-state index contributed by atoms with van der Waals surface area (Å²) < 4.78 is 19.1. The summed E-state index contributed by atoms with van der Waals surface area (Å²) in [6.45, 7) is 0.341. The molecule has 1 saturated heterocycles. The van der Waals surface area contributed by atoms with Gasteiger partial charge in [-0.25, -0.2) is 4.39 Å². The van der Waals surface area contributed by atoms with Crippen LogP contribution in [0.2, 0.25) is 0 Å². The molecule has 2 N–H and O–H groups in total. The number of halogens is 1. The largest absolute Gasteiger partial charge is 0.494 e. The van der Waals surface area contributed by atoms with Gasteiger partial charge in [0.05, 0.1) is 25.4 Å². The van der Waals surface area contributed by atoms with Crippen LogP contribution in [0.1, 0.15) is 22.5 Å². The minimum Gasteiger partial charge on any atom is -0.494 e. The molecule has 1 unspecified atom stereocenters. The summed E-state index contributed by atoms with van der Waals surface area (Å²) in [5.41, 5.74) is -0.976. The molecular weight excluding hydrogens is 291 g/mol. The topological polar surface area (TPSA) is 91.3 Å². The second-order valence-electron chi connectivity index (χ2n) is 5.19. The molecule has 2 aromatic rings. The fraction of sp³-hybridized carbons (Fsp3) is 0.357. The highest BCUT2D eigenvalue weighted by atomic mass is 19.1. The fourth-order valence-corrected chi connectivity index (χ4v) is 2.61. The number of aromatic nitrogens is 3. The number of hydrogen-bond acceptors (Lipinski definition) is 5. The summed E-state index contributed by atoms with van der Waals surface area (Å²) in [7, 11) is 1.34. The number of nitrogens with one attached hydrogen (secondary N) is 1. The van der Waals surface area contributed by atoms with E-state index in [-0.39, 0.29) is 17.9 Å². The first kappa shape index (κ1) is 14.5. The van der Waals surface area contributed by atoms with Crippen molar-refractivity contribution in [3.8, 4) is 5.75 Å². The van der Waals surface area contributed by atoms with Crippen molar-refractivity contribution < 1.29 is 19.0 Å². The first-order chi connectivity index (χ1) is 10.5. The van der Waals surface area contributed by atoms with E-state index in [1.807, 2.05) is 0 Å². The number of H-pyrrole nitrogens is 1. The maximum absolute atomic E-state index is 14.2. The molecule has 1 aliphatic rings. The Morgan fingerprint density at radius 2 is 2.36 bits per heavy atom. The highest BCUT2D eigenvalue weighted by Crippen LogP contribution is 2.31. The van der Waals surface area contributed by atoms with Crippen molar-refractivity contribution in [1.82, 2.24) is 20.3 Å². The number of carbonyl (C=O) groups excluding carboxylic acids is 1. The number of likely N-dealkylation sites (tertiary alicyclic amines) is 1. The van der Waals surface area contributed by atoms with E-state index in [2.05, 4.69) is 15.4 Å². The van der Waals surface area contributed by atoms with Crippen molar-refractivity contribution in [2.24, 2.45) is 0 Å². The first-order valence-electron chi connectivity index (χ1n) is 6.75. The van der Waals surface area contributed by atoms with Crippen LogP contribution in [-0.2, 0) is 5.60 Å². The number of β-amino-alcohol motifs (C(OH)–C–C–N with tert-alkyl or cyclic N) is 1. The second kappa shape index (κ2) is 5.38. The molecule has 1 aliphatic heterocycles. The fourth-order valence-electron chi connectivity index (χ4n) is 2.61. The molecule has 0 aliphatic carbocycles. The van der Waals surface area contributed by atoms with Crippen LogP contribution >= 0.6 is 0 Å². The molecule has 22 heavy (non-hydrogen) atoms. The third-order valence-electron chi connectivity index (χ3n) is 3.84. The number of benzene rings is 1. The molecule has 0 spiro atoms. The van der Waals surface area contributed by atoms with Crippen LogP contribution in [0.25, 0.3) is 0 Å². The van der Waals surface area contributed by atoms with Crippen molar-refractivity contribution in [3.63, 3.8) is 0 Å². The lowest BCUT2D eigenvalue weighted by atomic mass is 10.00. The Morgan fingerprint density at radius 3 is 3.05 bits per heavy atom. The minimum absolute atomic E-state index is 0.0109. The van der Waals surface area contributed by atoms with Crippen molar-refractivity contribution >= 4 is 5.91 Å². The summed E-state index contributed by atoms with van der Waals surface area (Å²) in [5, 5.41) is 20.5. The average molecular weight is 306 g/mol. The van der Waals surface area contributed by atoms with Gasteiger partial charge in [-0.3, -0.25) is 4.79 Å². The van der Waals surface area contributed by atoms with Gasteiger partial charge < -0.3 is 14.7 Å². The SMILES string of the molecule is COc1cccc(C(=O)N2CCC(O)(c3cn[nH]n3)C2)c1F. The van der Waals surface area contributed by atoms with Crippen LogP contribution < -0.4 is 4.74 Å². The molecule has 3 rings (SSSR count). The molecule has 2 heterocycles. The van der Waals surface area contributed by atoms with Crippen LogP contribution in [0.4, 0.5) is 4.39 Å². The predicted octanol–water partition coefficient (Wildman–Crippen LogP) is 0.686. The van der Waals surface area contributed by atoms with Crippen LogP contribution in [0.5, 0.6) is 5.75 Å². The van der Waals surface area contributed by atoms with Crippen molar-refractivity contribution in [1.29, 1.82) is 0 Å². The molecule has 0 bridgehead atoms. The molecule has 7 nitrogen and oxygen atoms in total. The van der Waals surface area contributed by atoms with E-state index in [0.29, 0.717) is 18.7 Å². The van der Waals surface area contributed by atoms with Gasteiger partial charge in [-0.2, -0.15) is 15.4 Å². The summed E-state index contributed by atoms with van der Waals surface area (Å²) >= 11 is 0. The van der Waals surface area contributed by atoms with E-state index >= 15 is 0 Å². The number of rotatable bonds is 3. The van der Waals surface area contributed by atoms with Gasteiger partial charge in [0.15, 0.2) is 11.6 Å². The highest BCUT2D eigenvalue weighted by Gasteiger charge is 2.42. The molecule has 1 atom stereocenters. The zero-order chi connectivity index (χ0) is 15.7. The molecule has 1 aromatic carbocycles. The summed E-state index contributed by atoms with van der Waals surface area (Å²) in [6.07, 6.45) is 1.73. The van der Waals surface area contributed by atoms with Crippen LogP contribution in [0.3, 0.4) is 0 Å². The number of amides is 1. The van der Waals surface area contributed by atoms with E-state index in [0.717, 1.165) is 0 Å². The maximum atomic E-state index is 14.2. The lowest BCUT2D eigenvalue weighted by Gasteiger charge is -2.21. The Morgan fingerprint density at radius 1 is 1.55 bits per heavy atom. The zero-order valence-corrected chi connectivity index (χ0v) is 11.9. The van der Waals surface area contributed by atoms with Crippen molar-refractivity contribution in [2.45, 2.75) is 12.0 Å². The Bertz CT molecular complexity index is 691. The van der Waals surface area contributed by atoms with Crippen LogP contribution in [0, 0.1) is 5.82 Å². The Balaban J connectivity index is 1.83. The average Bonchev–Trinajstić information content (AvgIpc) is 3.17. The van der Waals surface area contributed by atoms with E-state index in [4.69, 9.17) is 4.74 Å². The number of hydrogen-bond donors (Lipinski definition) is 2. The van der Waals surface area contributed by atoms with Gasteiger partial charge >= 0.3 is 0 Å². The normalized spacial score (nSPS) is 21.1. The quantitative estimate of drug-likeness (QED) is 0.870. The maximum Gasteiger partial charge on any atom is 0.257 e. The lowest BCUT2D eigenvalue weighted by Crippen LogP contribution is -2.35. The van der Waals surface area contributed by atoms with Crippen molar-refractivity contribution in [3.05, 3.63) is 41.5 Å². The third-order valence-corrected chi connectivity index (χ3v) is 3.84. The lowest BCUT2D eigenvalue weighted by molar-refractivity contribution is 0.0380. The molecule has 1 amide bonds. The molecule has 1 aromatic heterocycles. The first-order valence-corrected chi connectivity index (χ1v) is 6.75. The third kappa shape index (κ3) is 2.31. The number of aromatic amines is 1. The van der Waals surface area contributed by atoms with Gasteiger partial charge in [-0.1, -0.05) is 6.07 Å². The highest BCUT2D eigenvalue weighted by molar-refractivity contribution is 5.95. The van der Waals surface area contributed by atoms with Gasteiger partial charge in [0, 0.05) is 13.0 Å². The number of ether oxygens (including phenoxy) is 1. The van der Waals surface area contributed by atoms with Gasteiger partial charge in [-0.05, 0) is 12.1 Å². The van der Waals surface area contributed by atoms with Crippen LogP contribution in [0.15, 0.2) is 24.4 Å². The standard InChI is InChI=1S/C14H15FN4O3/c1-22-10-4-2-3-9(12(10)15)13(20)19-6-5-14(21,8-19)11-7-16-18-17-11/h2-4,7,21H,5-6,8H2,1H3,(H,16,17,18). The van der Waals surface area contributed by atoms with Gasteiger partial charge in [0.25, 0.3) is 5.91 Å². The van der Waals surface area contributed by atoms with E-state index in [1.54, 1.807) is 6.07 Å². The number of nitrogens with zero attached hydrogens (tertiary/aromatic N) is 3. The Hall–Kier alpha value is -2.48. The smallest absolute Gasteiger partial charge is 0.257 e. The number of carbonyl (C=O) groups is 1. The molecular formula is C14H15FN4O3. The molecule has 8 heteroatoms. The molecule has 1 fully saturated rings. The minimum atomic E-state index is -1.27. The van der Waals surface area contributed by atoms with Gasteiger partial charge in [0.2, 0.25) is 0 Å². The van der Waals surface area contributed by atoms with Crippen LogP contribution in [-0.4, -0.2) is 51.5 Å². The summed E-state index contributed by atoms with van der Waals surface area (Å²) in [5.74, 6) is -1.18. The summed E-state index contributed by atoms with van der Waals surface area (Å²) in [4.78, 5) is 13.9. The summed E-state index contributed by atoms with van der Waals surface area (Å²) in [6, 6.07) is 4.39. The molecule has 0 radical (unpaired) electrons. The second-order valence-corrected chi connectivity index (χ2v) is 5.19. The molecule has 116 valence electrons. The Labute approximate surface area is 125 Å². The van der Waals surface area contributed by atoms with Gasteiger partial charge in [-0.15, -0.1) is 0 Å². The van der Waals surface area contributed by atoms with E-state index in [9.17, 15) is 14.3 Å². The predicted molar refractivity (Wildman–Crippen MR) is 73.8 cm³/mol. The van der Waals surface area contributed by atoms with E-state index < -0.39 is 17.3 Å². The number of aliphatic hydroxyl groups is 1. The van der Waals surface area contributed by atoms with Crippen molar-refractivity contribution in [2.75, 3.05) is 20.2 Å². The van der Waals surface area contributed by atoms with E-state index in [1.165, 1.54) is 30.3 Å². The van der Waals surface area contributed by atoms with Gasteiger partial charge in [0.1, 0.15) is 11.3 Å². The number of methoxy groups -OCH3 is 1. The zero-order valence-electron chi connectivity index (χ0n) is 11.9. The molecule has 0 saturated carbocycles.